The number of rotatable bonds is 5. The zero-order valence-electron chi connectivity index (χ0n) is 6.22. The molecular formula is C7H13NOS. The van der Waals surface area contributed by atoms with Crippen LogP contribution in [0, 0.1) is 0 Å². The average Bonchev–Trinajstić information content (AvgIpc) is 1.98. The lowest BCUT2D eigenvalue weighted by Crippen LogP contribution is -2.23. The molecule has 1 amide bonds. The first-order chi connectivity index (χ1) is 4.81. The Morgan fingerprint density at radius 2 is 2.50 bits per heavy atom. The van der Waals surface area contributed by atoms with Gasteiger partial charge in [0.15, 0.2) is 0 Å². The molecule has 0 bridgehead atoms. The fraction of sp³-hybridized carbons (Fsp3) is 0.571. The summed E-state index contributed by atoms with van der Waals surface area (Å²) >= 11 is 1.81. The highest BCUT2D eigenvalue weighted by Gasteiger charge is 1.90. The van der Waals surface area contributed by atoms with Crippen LogP contribution in [0.15, 0.2) is 12.7 Å². The van der Waals surface area contributed by atoms with Gasteiger partial charge in [-0.05, 0) is 11.8 Å². The summed E-state index contributed by atoms with van der Waals surface area (Å²) in [7, 11) is 0. The molecule has 0 unspecified atom stereocenters. The predicted octanol–water partition coefficient (Wildman–Crippen LogP) is 1.04. The topological polar surface area (TPSA) is 29.1 Å². The molecule has 0 aliphatic carbocycles. The standard InChI is InChI=1S/C7H13NOS/c1-3-7(9)8-5-6-10-4-2/h3H,1,4-6H2,2H3,(H,8,9). The van der Waals surface area contributed by atoms with Gasteiger partial charge < -0.3 is 5.32 Å². The van der Waals surface area contributed by atoms with Crippen molar-refractivity contribution in [2.45, 2.75) is 6.92 Å². The number of nitrogens with one attached hydrogen (secondary N) is 1. The second-order valence-corrected chi connectivity index (χ2v) is 3.09. The van der Waals surface area contributed by atoms with Crippen molar-refractivity contribution in [3.05, 3.63) is 12.7 Å². The molecule has 2 nitrogen and oxygen atoms in total. The maximum absolute atomic E-state index is 10.5. The van der Waals surface area contributed by atoms with Crippen LogP contribution in [0.25, 0.3) is 0 Å². The largest absolute Gasteiger partial charge is 0.352 e. The van der Waals surface area contributed by atoms with Gasteiger partial charge in [0.05, 0.1) is 0 Å². The average molecular weight is 159 g/mol. The summed E-state index contributed by atoms with van der Waals surface area (Å²) in [6.45, 7) is 6.18. The SMILES string of the molecule is C=CC(=O)NCCSCC. The van der Waals surface area contributed by atoms with Crippen molar-refractivity contribution in [1.82, 2.24) is 5.32 Å². The molecule has 0 aliphatic heterocycles. The van der Waals surface area contributed by atoms with E-state index in [1.807, 2.05) is 11.8 Å². The Morgan fingerprint density at radius 1 is 1.80 bits per heavy atom. The smallest absolute Gasteiger partial charge is 0.243 e. The van der Waals surface area contributed by atoms with Gasteiger partial charge in [0.2, 0.25) is 5.91 Å². The van der Waals surface area contributed by atoms with Gasteiger partial charge in [-0.25, -0.2) is 0 Å². The van der Waals surface area contributed by atoms with Crippen LogP contribution in [0.2, 0.25) is 0 Å². The lowest BCUT2D eigenvalue weighted by atomic mass is 10.6. The fourth-order valence-corrected chi connectivity index (χ4v) is 0.998. The van der Waals surface area contributed by atoms with Gasteiger partial charge in [0.1, 0.15) is 0 Å². The third-order valence-electron chi connectivity index (χ3n) is 0.935. The van der Waals surface area contributed by atoms with E-state index in [1.54, 1.807) is 0 Å². The Morgan fingerprint density at radius 3 is 3.00 bits per heavy atom. The monoisotopic (exact) mass is 159 g/mol. The molecule has 0 aromatic rings. The van der Waals surface area contributed by atoms with Gasteiger partial charge in [0, 0.05) is 12.3 Å². The van der Waals surface area contributed by atoms with Gasteiger partial charge in [-0.1, -0.05) is 13.5 Å². The molecule has 0 radical (unpaired) electrons. The van der Waals surface area contributed by atoms with Gasteiger partial charge in [-0.3, -0.25) is 4.79 Å². The van der Waals surface area contributed by atoms with E-state index in [2.05, 4.69) is 18.8 Å². The van der Waals surface area contributed by atoms with Crippen LogP contribution < -0.4 is 5.32 Å². The van der Waals surface area contributed by atoms with Gasteiger partial charge >= 0.3 is 0 Å². The second kappa shape index (κ2) is 6.68. The normalized spacial score (nSPS) is 8.90. The second-order valence-electron chi connectivity index (χ2n) is 1.69. The minimum absolute atomic E-state index is 0.0864. The highest BCUT2D eigenvalue weighted by molar-refractivity contribution is 7.99. The third kappa shape index (κ3) is 5.69. The molecule has 0 atom stereocenters. The zero-order valence-corrected chi connectivity index (χ0v) is 7.04. The molecule has 1 N–H and O–H groups in total. The molecule has 0 saturated heterocycles. The first-order valence-electron chi connectivity index (χ1n) is 3.29. The minimum Gasteiger partial charge on any atom is -0.352 e. The molecule has 0 fully saturated rings. The molecule has 0 saturated carbocycles. The van der Waals surface area contributed by atoms with Crippen LogP contribution in [-0.4, -0.2) is 24.0 Å². The van der Waals surface area contributed by atoms with Crippen molar-refractivity contribution in [2.24, 2.45) is 0 Å². The Bertz CT molecular complexity index is 114. The summed E-state index contributed by atoms with van der Waals surface area (Å²) < 4.78 is 0. The van der Waals surface area contributed by atoms with Crippen LogP contribution in [0.1, 0.15) is 6.92 Å². The molecule has 0 heterocycles. The van der Waals surface area contributed by atoms with E-state index < -0.39 is 0 Å². The molecule has 0 spiro atoms. The maximum atomic E-state index is 10.5. The lowest BCUT2D eigenvalue weighted by molar-refractivity contribution is -0.116. The molecule has 0 aromatic carbocycles. The summed E-state index contributed by atoms with van der Waals surface area (Å²) in [5.74, 6) is 2.00. The fourth-order valence-electron chi connectivity index (χ4n) is 0.463. The molecule has 0 aliphatic rings. The Kier molecular flexibility index (Phi) is 6.38. The van der Waals surface area contributed by atoms with E-state index in [0.717, 1.165) is 18.1 Å². The molecule has 0 aromatic heterocycles. The minimum atomic E-state index is -0.0864. The van der Waals surface area contributed by atoms with Crippen LogP contribution >= 0.6 is 11.8 Å². The molecular weight excluding hydrogens is 146 g/mol. The van der Waals surface area contributed by atoms with Gasteiger partial charge in [-0.15, -0.1) is 0 Å². The highest BCUT2D eigenvalue weighted by atomic mass is 32.2. The summed E-state index contributed by atoms with van der Waals surface area (Å²) in [5, 5.41) is 2.69. The first kappa shape index (κ1) is 9.56. The zero-order chi connectivity index (χ0) is 7.82. The Balaban J connectivity index is 3.03. The molecule has 10 heavy (non-hydrogen) atoms. The molecule has 58 valence electrons. The van der Waals surface area contributed by atoms with Crippen LogP contribution in [0.3, 0.4) is 0 Å². The third-order valence-corrected chi connectivity index (χ3v) is 1.84. The summed E-state index contributed by atoms with van der Waals surface area (Å²) in [5.41, 5.74) is 0. The summed E-state index contributed by atoms with van der Waals surface area (Å²) in [6, 6.07) is 0. The van der Waals surface area contributed by atoms with Crippen molar-refractivity contribution in [3.8, 4) is 0 Å². The predicted molar refractivity (Wildman–Crippen MR) is 46.2 cm³/mol. The molecule has 0 rings (SSSR count). The quantitative estimate of drug-likeness (QED) is 0.480. The van der Waals surface area contributed by atoms with E-state index >= 15 is 0 Å². The number of hydrogen-bond donors (Lipinski definition) is 1. The van der Waals surface area contributed by atoms with Crippen LogP contribution in [0.4, 0.5) is 0 Å². The number of carbonyl (C=O) groups excluding carboxylic acids is 1. The van der Waals surface area contributed by atoms with Crippen molar-refractivity contribution < 1.29 is 4.79 Å². The van der Waals surface area contributed by atoms with Gasteiger partial charge in [-0.2, -0.15) is 11.8 Å². The van der Waals surface area contributed by atoms with Gasteiger partial charge in [0.25, 0.3) is 0 Å². The number of thioether (sulfide) groups is 1. The molecule has 3 heteroatoms. The lowest BCUT2D eigenvalue weighted by Gasteiger charge is -1.98. The van der Waals surface area contributed by atoms with E-state index in [-0.39, 0.29) is 5.91 Å². The Labute approximate surface area is 66.1 Å². The van der Waals surface area contributed by atoms with E-state index in [1.165, 1.54) is 6.08 Å². The summed E-state index contributed by atoms with van der Waals surface area (Å²) in [6.07, 6.45) is 1.29. The van der Waals surface area contributed by atoms with E-state index in [4.69, 9.17) is 0 Å². The number of carbonyl (C=O) groups is 1. The van der Waals surface area contributed by atoms with E-state index in [0.29, 0.717) is 0 Å². The van der Waals surface area contributed by atoms with Crippen molar-refractivity contribution in [3.63, 3.8) is 0 Å². The Hall–Kier alpha value is -0.440. The van der Waals surface area contributed by atoms with E-state index in [9.17, 15) is 4.79 Å². The van der Waals surface area contributed by atoms with Crippen molar-refractivity contribution in [1.29, 1.82) is 0 Å². The van der Waals surface area contributed by atoms with Crippen LogP contribution in [-0.2, 0) is 4.79 Å². The highest BCUT2D eigenvalue weighted by Crippen LogP contribution is 1.94. The maximum Gasteiger partial charge on any atom is 0.243 e. The number of hydrogen-bond acceptors (Lipinski definition) is 2. The summed E-state index contributed by atoms with van der Waals surface area (Å²) in [4.78, 5) is 10.5. The van der Waals surface area contributed by atoms with Crippen molar-refractivity contribution >= 4 is 17.7 Å². The van der Waals surface area contributed by atoms with Crippen molar-refractivity contribution in [2.75, 3.05) is 18.1 Å². The van der Waals surface area contributed by atoms with Crippen LogP contribution in [0.5, 0.6) is 0 Å². The number of amides is 1. The first-order valence-corrected chi connectivity index (χ1v) is 4.44.